The molecule has 2 heterocycles. The third-order valence-electron chi connectivity index (χ3n) is 3.77. The summed E-state index contributed by atoms with van der Waals surface area (Å²) in [6, 6.07) is 0. The van der Waals surface area contributed by atoms with Crippen molar-refractivity contribution in [2.24, 2.45) is 0 Å². The molecular weight excluding hydrogens is 300 g/mol. The first-order chi connectivity index (χ1) is 10.3. The van der Waals surface area contributed by atoms with Crippen molar-refractivity contribution in [2.75, 3.05) is 17.7 Å². The number of aryl methyl sites for hydroxylation is 3. The zero-order chi connectivity index (χ0) is 16.3. The van der Waals surface area contributed by atoms with E-state index < -0.39 is 9.84 Å². The van der Waals surface area contributed by atoms with Gasteiger partial charge in [0.05, 0.1) is 5.52 Å². The van der Waals surface area contributed by atoms with Crippen LogP contribution >= 0.6 is 0 Å². The summed E-state index contributed by atoms with van der Waals surface area (Å²) in [6.07, 6.45) is 6.40. The van der Waals surface area contributed by atoms with Gasteiger partial charge in [0.2, 0.25) is 0 Å². The Kier molecular flexibility index (Phi) is 5.05. The molecule has 2 N–H and O–H groups in total. The quantitative estimate of drug-likeness (QED) is 0.788. The van der Waals surface area contributed by atoms with Crippen molar-refractivity contribution in [3.05, 3.63) is 17.6 Å². The molecule has 22 heavy (non-hydrogen) atoms. The van der Waals surface area contributed by atoms with Crippen LogP contribution in [0.3, 0.4) is 0 Å². The number of imidazole rings is 1. The molecule has 0 aliphatic rings. The molecule has 6 nitrogen and oxygen atoms in total. The molecule has 0 aromatic carbocycles. The summed E-state index contributed by atoms with van der Waals surface area (Å²) in [5.41, 5.74) is 8.82. The van der Waals surface area contributed by atoms with E-state index in [0.717, 1.165) is 48.2 Å². The molecule has 0 spiro atoms. The minimum atomic E-state index is -2.86. The van der Waals surface area contributed by atoms with Gasteiger partial charge in [-0.2, -0.15) is 0 Å². The molecular formula is C15H24N4O2S. The summed E-state index contributed by atoms with van der Waals surface area (Å²) in [5.74, 6) is 1.72. The highest BCUT2D eigenvalue weighted by Crippen LogP contribution is 2.24. The van der Waals surface area contributed by atoms with Crippen LogP contribution in [0.15, 0.2) is 6.20 Å². The van der Waals surface area contributed by atoms with Gasteiger partial charge in [0.15, 0.2) is 5.82 Å². The van der Waals surface area contributed by atoms with Gasteiger partial charge in [-0.25, -0.2) is 18.4 Å². The molecule has 0 saturated carbocycles. The number of aromatic nitrogens is 3. The molecule has 2 aromatic heterocycles. The van der Waals surface area contributed by atoms with E-state index in [1.807, 2.05) is 6.92 Å². The minimum absolute atomic E-state index is 0.258. The van der Waals surface area contributed by atoms with Gasteiger partial charge in [-0.3, -0.25) is 0 Å². The van der Waals surface area contributed by atoms with Crippen LogP contribution in [0.25, 0.3) is 11.0 Å². The van der Waals surface area contributed by atoms with Gasteiger partial charge in [0.25, 0.3) is 0 Å². The predicted octanol–water partition coefficient (Wildman–Crippen LogP) is 2.10. The Balaban J connectivity index is 2.15. The SMILES string of the molecule is CCc1nc2c(N)ncc(C)c2n1CCCCCS(C)(=O)=O. The topological polar surface area (TPSA) is 90.9 Å². The minimum Gasteiger partial charge on any atom is -0.382 e. The van der Waals surface area contributed by atoms with Gasteiger partial charge in [0, 0.05) is 31.2 Å². The van der Waals surface area contributed by atoms with Gasteiger partial charge in [-0.05, 0) is 25.3 Å². The van der Waals surface area contributed by atoms with Crippen LogP contribution in [0, 0.1) is 6.92 Å². The summed E-state index contributed by atoms with van der Waals surface area (Å²) in [4.78, 5) is 8.78. The lowest BCUT2D eigenvalue weighted by atomic mass is 10.2. The van der Waals surface area contributed by atoms with Gasteiger partial charge in [-0.1, -0.05) is 13.3 Å². The molecule has 0 aliphatic carbocycles. The Morgan fingerprint density at radius 3 is 2.64 bits per heavy atom. The Hall–Kier alpha value is -1.63. The van der Waals surface area contributed by atoms with Crippen molar-refractivity contribution >= 4 is 26.7 Å². The zero-order valence-electron chi connectivity index (χ0n) is 13.5. The van der Waals surface area contributed by atoms with Crippen molar-refractivity contribution in [1.82, 2.24) is 14.5 Å². The predicted molar refractivity (Wildman–Crippen MR) is 89.6 cm³/mol. The molecule has 2 rings (SSSR count). The van der Waals surface area contributed by atoms with E-state index in [-0.39, 0.29) is 5.75 Å². The Bertz CT molecular complexity index is 765. The first-order valence-corrected chi connectivity index (χ1v) is 9.67. The largest absolute Gasteiger partial charge is 0.382 e. The lowest BCUT2D eigenvalue weighted by Gasteiger charge is -2.09. The summed E-state index contributed by atoms with van der Waals surface area (Å²) in [7, 11) is -2.86. The summed E-state index contributed by atoms with van der Waals surface area (Å²) < 4.78 is 24.5. The molecule has 0 aliphatic heterocycles. The number of nitrogen functional groups attached to an aromatic ring is 1. The second-order valence-corrected chi connectivity index (χ2v) is 8.01. The van der Waals surface area contributed by atoms with Crippen LogP contribution in [0.5, 0.6) is 0 Å². The van der Waals surface area contributed by atoms with E-state index in [9.17, 15) is 8.42 Å². The Morgan fingerprint density at radius 2 is 2.00 bits per heavy atom. The number of unbranched alkanes of at least 4 members (excludes halogenated alkanes) is 2. The average molecular weight is 324 g/mol. The van der Waals surface area contributed by atoms with Gasteiger partial charge < -0.3 is 10.3 Å². The number of sulfone groups is 1. The molecule has 0 fully saturated rings. The number of nitrogens with zero attached hydrogens (tertiary/aromatic N) is 3. The van der Waals surface area contributed by atoms with Gasteiger partial charge in [-0.15, -0.1) is 0 Å². The summed E-state index contributed by atoms with van der Waals surface area (Å²) >= 11 is 0. The lowest BCUT2D eigenvalue weighted by Crippen LogP contribution is -2.06. The van der Waals surface area contributed by atoms with Crippen LogP contribution in [0.1, 0.15) is 37.6 Å². The van der Waals surface area contributed by atoms with Crippen molar-refractivity contribution in [3.63, 3.8) is 0 Å². The monoisotopic (exact) mass is 324 g/mol. The van der Waals surface area contributed by atoms with Crippen LogP contribution < -0.4 is 5.73 Å². The molecule has 0 amide bonds. The number of hydrogen-bond acceptors (Lipinski definition) is 5. The van der Waals surface area contributed by atoms with Gasteiger partial charge >= 0.3 is 0 Å². The maximum absolute atomic E-state index is 11.1. The maximum Gasteiger partial charge on any atom is 0.151 e. The van der Waals surface area contributed by atoms with E-state index in [1.54, 1.807) is 6.20 Å². The number of pyridine rings is 1. The van der Waals surface area contributed by atoms with E-state index in [0.29, 0.717) is 12.2 Å². The standard InChI is InChI=1S/C15H24N4O2S/c1-4-12-18-13-14(11(2)10-17-15(13)16)19(12)8-6-5-7-9-22(3,20)21/h10H,4-9H2,1-3H3,(H2,16,17). The van der Waals surface area contributed by atoms with Crippen molar-refractivity contribution in [1.29, 1.82) is 0 Å². The molecule has 7 heteroatoms. The third kappa shape index (κ3) is 3.76. The summed E-state index contributed by atoms with van der Waals surface area (Å²) in [6.45, 7) is 4.91. The van der Waals surface area contributed by atoms with Crippen molar-refractivity contribution in [2.45, 2.75) is 46.1 Å². The van der Waals surface area contributed by atoms with Crippen molar-refractivity contribution < 1.29 is 8.42 Å². The first kappa shape index (κ1) is 16.7. The number of nitrogens with two attached hydrogens (primary N) is 1. The lowest BCUT2D eigenvalue weighted by molar-refractivity contribution is 0.577. The van der Waals surface area contributed by atoms with E-state index >= 15 is 0 Å². The molecule has 0 bridgehead atoms. The highest BCUT2D eigenvalue weighted by Gasteiger charge is 2.14. The van der Waals surface area contributed by atoms with Gasteiger partial charge in [0.1, 0.15) is 21.2 Å². The van der Waals surface area contributed by atoms with E-state index in [4.69, 9.17) is 5.73 Å². The molecule has 0 atom stereocenters. The van der Waals surface area contributed by atoms with Crippen LogP contribution in [-0.4, -0.2) is 35.0 Å². The number of fused-ring (bicyclic) bond motifs is 1. The fourth-order valence-corrected chi connectivity index (χ4v) is 3.42. The molecule has 0 unspecified atom stereocenters. The second-order valence-electron chi connectivity index (χ2n) is 5.75. The fraction of sp³-hybridized carbons (Fsp3) is 0.600. The van der Waals surface area contributed by atoms with E-state index in [1.165, 1.54) is 6.26 Å². The average Bonchev–Trinajstić information content (AvgIpc) is 2.81. The molecule has 0 saturated heterocycles. The van der Waals surface area contributed by atoms with Crippen LogP contribution in [0.4, 0.5) is 5.82 Å². The molecule has 0 radical (unpaired) electrons. The van der Waals surface area contributed by atoms with Crippen molar-refractivity contribution in [3.8, 4) is 0 Å². The zero-order valence-corrected chi connectivity index (χ0v) is 14.3. The number of anilines is 1. The first-order valence-electron chi connectivity index (χ1n) is 7.61. The second kappa shape index (κ2) is 6.64. The maximum atomic E-state index is 11.1. The number of hydrogen-bond donors (Lipinski definition) is 1. The Morgan fingerprint density at radius 1 is 1.27 bits per heavy atom. The molecule has 2 aromatic rings. The number of rotatable bonds is 7. The fourth-order valence-electron chi connectivity index (χ4n) is 2.69. The highest BCUT2D eigenvalue weighted by atomic mass is 32.2. The highest BCUT2D eigenvalue weighted by molar-refractivity contribution is 7.90. The Labute approximate surface area is 131 Å². The smallest absolute Gasteiger partial charge is 0.151 e. The van der Waals surface area contributed by atoms with Crippen LogP contribution in [-0.2, 0) is 22.8 Å². The van der Waals surface area contributed by atoms with E-state index in [2.05, 4.69) is 21.5 Å². The normalized spacial score (nSPS) is 12.1. The molecule has 122 valence electrons. The third-order valence-corrected chi connectivity index (χ3v) is 4.80. The summed E-state index contributed by atoms with van der Waals surface area (Å²) in [5, 5.41) is 0. The van der Waals surface area contributed by atoms with Crippen LogP contribution in [0.2, 0.25) is 0 Å².